The summed E-state index contributed by atoms with van der Waals surface area (Å²) in [6, 6.07) is 0. The minimum Gasteiger partial charge on any atom is -0.458 e. The molecule has 0 heterocycles. The van der Waals surface area contributed by atoms with E-state index in [-0.39, 0.29) is 17.8 Å². The molecular formula is C17H28O4. The maximum atomic E-state index is 11.2. The molecule has 0 saturated heterocycles. The Kier molecular flexibility index (Phi) is 6.62. The number of rotatable bonds is 2. The Labute approximate surface area is 127 Å². The van der Waals surface area contributed by atoms with Gasteiger partial charge in [0.2, 0.25) is 0 Å². The van der Waals surface area contributed by atoms with Crippen LogP contribution in [0, 0.1) is 11.8 Å². The van der Waals surface area contributed by atoms with E-state index in [1.165, 1.54) is 6.92 Å². The van der Waals surface area contributed by atoms with E-state index < -0.39 is 18.3 Å². The standard InChI is InChI=1S/C17H28O4/c1-10(2)15-7-6-11(3)8-14(21-13(5)18)9-12(4)16(19)17(15)20/h8,10,14-17,19-20H,4,6-7,9H2,1-3,5H3/t14-,15-,16+,17+/m0/s1. The molecule has 2 N–H and O–H groups in total. The van der Waals surface area contributed by atoms with E-state index in [9.17, 15) is 15.0 Å². The summed E-state index contributed by atoms with van der Waals surface area (Å²) >= 11 is 0. The lowest BCUT2D eigenvalue weighted by Crippen LogP contribution is -2.38. The van der Waals surface area contributed by atoms with Crippen molar-refractivity contribution in [2.75, 3.05) is 0 Å². The topological polar surface area (TPSA) is 66.8 Å². The number of esters is 1. The van der Waals surface area contributed by atoms with Crippen LogP contribution in [0.2, 0.25) is 0 Å². The first-order valence-corrected chi connectivity index (χ1v) is 7.60. The Morgan fingerprint density at radius 1 is 1.43 bits per heavy atom. The fraction of sp³-hybridized carbons (Fsp3) is 0.706. The average Bonchev–Trinajstić information content (AvgIpc) is 2.35. The summed E-state index contributed by atoms with van der Waals surface area (Å²) in [4.78, 5) is 11.2. The normalized spacial score (nSPS) is 31.8. The van der Waals surface area contributed by atoms with Gasteiger partial charge in [0.25, 0.3) is 0 Å². The first-order chi connectivity index (χ1) is 9.72. The molecule has 0 aromatic heterocycles. The van der Waals surface area contributed by atoms with Gasteiger partial charge >= 0.3 is 5.97 Å². The molecule has 4 atom stereocenters. The maximum Gasteiger partial charge on any atom is 0.303 e. The van der Waals surface area contributed by atoms with Gasteiger partial charge in [-0.2, -0.15) is 0 Å². The first kappa shape index (κ1) is 17.9. The van der Waals surface area contributed by atoms with Gasteiger partial charge < -0.3 is 14.9 Å². The summed E-state index contributed by atoms with van der Waals surface area (Å²) in [5.41, 5.74) is 1.63. The lowest BCUT2D eigenvalue weighted by Gasteiger charge is -2.32. The summed E-state index contributed by atoms with van der Waals surface area (Å²) in [6.07, 6.45) is 1.62. The molecule has 0 bridgehead atoms. The van der Waals surface area contributed by atoms with Gasteiger partial charge in [0.1, 0.15) is 12.2 Å². The van der Waals surface area contributed by atoms with Gasteiger partial charge in [-0.05, 0) is 43.3 Å². The van der Waals surface area contributed by atoms with Crippen molar-refractivity contribution in [2.24, 2.45) is 11.8 Å². The number of hydrogen-bond acceptors (Lipinski definition) is 4. The third-order valence-corrected chi connectivity index (χ3v) is 4.16. The smallest absolute Gasteiger partial charge is 0.303 e. The number of hydrogen-bond donors (Lipinski definition) is 2. The van der Waals surface area contributed by atoms with Crippen molar-refractivity contribution in [3.8, 4) is 0 Å². The number of aliphatic hydroxyl groups is 2. The van der Waals surface area contributed by atoms with Crippen molar-refractivity contribution in [2.45, 2.75) is 65.3 Å². The van der Waals surface area contributed by atoms with Gasteiger partial charge in [0, 0.05) is 13.3 Å². The fourth-order valence-electron chi connectivity index (χ4n) is 2.90. The highest BCUT2D eigenvalue weighted by molar-refractivity contribution is 5.66. The van der Waals surface area contributed by atoms with Gasteiger partial charge in [0.15, 0.2) is 0 Å². The predicted molar refractivity (Wildman–Crippen MR) is 82.6 cm³/mol. The van der Waals surface area contributed by atoms with Gasteiger partial charge in [-0.25, -0.2) is 0 Å². The van der Waals surface area contributed by atoms with Gasteiger partial charge in [0.05, 0.1) is 6.10 Å². The Morgan fingerprint density at radius 2 is 2.05 bits per heavy atom. The molecule has 21 heavy (non-hydrogen) atoms. The van der Waals surface area contributed by atoms with Crippen LogP contribution in [0.5, 0.6) is 0 Å². The largest absolute Gasteiger partial charge is 0.458 e. The summed E-state index contributed by atoms with van der Waals surface area (Å²) < 4.78 is 5.25. The second kappa shape index (κ2) is 7.76. The summed E-state index contributed by atoms with van der Waals surface area (Å²) in [5.74, 6) is -0.0617. The molecule has 1 aliphatic rings. The van der Waals surface area contributed by atoms with Crippen molar-refractivity contribution >= 4 is 5.97 Å². The van der Waals surface area contributed by atoms with E-state index in [1.54, 1.807) is 0 Å². The fourth-order valence-corrected chi connectivity index (χ4v) is 2.90. The van der Waals surface area contributed by atoms with Crippen molar-refractivity contribution < 1.29 is 19.7 Å². The second-order valence-electron chi connectivity index (χ2n) is 6.41. The van der Waals surface area contributed by atoms with Crippen LogP contribution in [0.1, 0.15) is 47.0 Å². The Bertz CT molecular complexity index is 411. The van der Waals surface area contributed by atoms with Crippen LogP contribution in [-0.2, 0) is 9.53 Å². The number of aliphatic hydroxyl groups excluding tert-OH is 2. The van der Waals surface area contributed by atoms with Crippen LogP contribution in [0.3, 0.4) is 0 Å². The lowest BCUT2D eigenvalue weighted by atomic mass is 9.80. The molecule has 120 valence electrons. The van der Waals surface area contributed by atoms with Gasteiger partial charge in [-0.15, -0.1) is 0 Å². The molecule has 0 radical (unpaired) electrons. The second-order valence-corrected chi connectivity index (χ2v) is 6.41. The highest BCUT2D eigenvalue weighted by Crippen LogP contribution is 2.30. The van der Waals surface area contributed by atoms with Crippen LogP contribution in [-0.4, -0.2) is 34.5 Å². The molecule has 1 aliphatic carbocycles. The third-order valence-electron chi connectivity index (χ3n) is 4.16. The summed E-state index contributed by atoms with van der Waals surface area (Å²) in [6.45, 7) is 11.3. The summed E-state index contributed by atoms with van der Waals surface area (Å²) in [7, 11) is 0. The summed E-state index contributed by atoms with van der Waals surface area (Å²) in [5, 5.41) is 20.7. The minimum absolute atomic E-state index is 0.0189. The van der Waals surface area contributed by atoms with E-state index in [0.717, 1.165) is 18.4 Å². The number of allylic oxidation sites excluding steroid dienone is 1. The molecular weight excluding hydrogens is 268 g/mol. The van der Waals surface area contributed by atoms with Gasteiger partial charge in [-0.3, -0.25) is 4.79 Å². The van der Waals surface area contributed by atoms with Gasteiger partial charge in [-0.1, -0.05) is 26.0 Å². The van der Waals surface area contributed by atoms with E-state index in [1.807, 2.05) is 13.0 Å². The molecule has 0 aromatic carbocycles. The van der Waals surface area contributed by atoms with Crippen molar-refractivity contribution in [3.05, 3.63) is 23.8 Å². The molecule has 0 unspecified atom stereocenters. The molecule has 0 spiro atoms. The Morgan fingerprint density at radius 3 is 2.57 bits per heavy atom. The molecule has 4 nitrogen and oxygen atoms in total. The highest BCUT2D eigenvalue weighted by Gasteiger charge is 2.31. The zero-order valence-corrected chi connectivity index (χ0v) is 13.5. The van der Waals surface area contributed by atoms with E-state index >= 15 is 0 Å². The van der Waals surface area contributed by atoms with E-state index in [2.05, 4.69) is 20.4 Å². The van der Waals surface area contributed by atoms with Crippen molar-refractivity contribution in [3.63, 3.8) is 0 Å². The van der Waals surface area contributed by atoms with Crippen molar-refractivity contribution in [1.82, 2.24) is 0 Å². The Balaban J connectivity index is 3.00. The molecule has 1 rings (SSSR count). The molecule has 0 amide bonds. The molecule has 0 aromatic rings. The SMILES string of the molecule is C=C1C[C@@H](OC(C)=O)C=C(C)CC[C@@H](C(C)C)[C@@H](O)[C@@H]1O. The maximum absolute atomic E-state index is 11.2. The first-order valence-electron chi connectivity index (χ1n) is 7.60. The van der Waals surface area contributed by atoms with E-state index in [4.69, 9.17) is 4.74 Å². The molecule has 0 aliphatic heterocycles. The third kappa shape index (κ3) is 5.29. The Hall–Kier alpha value is -1.13. The monoisotopic (exact) mass is 296 g/mol. The zero-order chi connectivity index (χ0) is 16.2. The quantitative estimate of drug-likeness (QED) is 0.607. The van der Waals surface area contributed by atoms with Crippen LogP contribution in [0.4, 0.5) is 0 Å². The number of carbonyl (C=O) groups excluding carboxylic acids is 1. The van der Waals surface area contributed by atoms with Crippen LogP contribution in [0.25, 0.3) is 0 Å². The minimum atomic E-state index is -0.984. The number of carbonyl (C=O) groups is 1. The highest BCUT2D eigenvalue weighted by atomic mass is 16.5. The molecule has 4 heteroatoms. The van der Waals surface area contributed by atoms with Crippen LogP contribution in [0.15, 0.2) is 23.8 Å². The van der Waals surface area contributed by atoms with Crippen LogP contribution < -0.4 is 0 Å². The molecule has 0 saturated carbocycles. The average molecular weight is 296 g/mol. The van der Waals surface area contributed by atoms with E-state index in [0.29, 0.717) is 12.0 Å². The van der Waals surface area contributed by atoms with Crippen LogP contribution >= 0.6 is 0 Å². The number of ether oxygens (including phenoxy) is 1. The lowest BCUT2D eigenvalue weighted by molar-refractivity contribution is -0.144. The zero-order valence-electron chi connectivity index (χ0n) is 13.5. The van der Waals surface area contributed by atoms with Crippen molar-refractivity contribution in [1.29, 1.82) is 0 Å². The predicted octanol–water partition coefficient (Wildman–Crippen LogP) is 2.60. The molecule has 0 fully saturated rings.